The van der Waals surface area contributed by atoms with Crippen LogP contribution in [0.25, 0.3) is 0 Å². The maximum atomic E-state index is 5.93. The van der Waals surface area contributed by atoms with Crippen LogP contribution >= 0.6 is 22.9 Å². The zero-order valence-corrected chi connectivity index (χ0v) is 12.3. The fourth-order valence-corrected chi connectivity index (χ4v) is 2.64. The molecule has 2 heterocycles. The smallest absolute Gasteiger partial charge is 0.129 e. The second kappa shape index (κ2) is 6.21. The number of thiophene rings is 1. The molecule has 0 saturated carbocycles. The van der Waals surface area contributed by atoms with Gasteiger partial charge in [-0.3, -0.25) is 0 Å². The van der Waals surface area contributed by atoms with Crippen molar-refractivity contribution in [3.63, 3.8) is 0 Å². The molecular weight excluding hydrogens is 264 g/mol. The Morgan fingerprint density at radius 1 is 1.33 bits per heavy atom. The monoisotopic (exact) mass is 280 g/mol. The second-order valence-electron chi connectivity index (χ2n) is 4.30. The van der Waals surface area contributed by atoms with Crippen LogP contribution in [-0.4, -0.2) is 12.0 Å². The number of hydrogen-bond donors (Lipinski definition) is 0. The Kier molecular flexibility index (Phi) is 4.61. The third kappa shape index (κ3) is 3.24. The first-order chi connectivity index (χ1) is 8.72. The van der Waals surface area contributed by atoms with E-state index in [2.05, 4.69) is 52.8 Å². The molecule has 0 spiro atoms. The van der Waals surface area contributed by atoms with Crippen molar-refractivity contribution in [3.05, 3.63) is 45.8 Å². The Balaban J connectivity index is 2.20. The molecule has 0 atom stereocenters. The van der Waals surface area contributed by atoms with E-state index in [1.807, 2.05) is 0 Å². The number of alkyl halides is 1. The lowest BCUT2D eigenvalue weighted by Crippen LogP contribution is -2.18. The van der Waals surface area contributed by atoms with Crippen molar-refractivity contribution >= 4 is 28.8 Å². The molecule has 0 aromatic carbocycles. The molecule has 96 valence electrons. The van der Waals surface area contributed by atoms with Gasteiger partial charge in [0.25, 0.3) is 0 Å². The highest BCUT2D eigenvalue weighted by Gasteiger charge is 2.07. The minimum atomic E-state index is 0.537. The summed E-state index contributed by atoms with van der Waals surface area (Å²) in [6, 6.07) is 6.29. The first-order valence-electron chi connectivity index (χ1n) is 6.01. The predicted molar refractivity (Wildman–Crippen MR) is 79.6 cm³/mol. The minimum Gasteiger partial charge on any atom is -0.355 e. The van der Waals surface area contributed by atoms with Gasteiger partial charge in [0, 0.05) is 25.2 Å². The number of aryl methyl sites for hydroxylation is 1. The van der Waals surface area contributed by atoms with Crippen LogP contribution in [0.1, 0.15) is 23.7 Å². The zero-order valence-electron chi connectivity index (χ0n) is 10.7. The van der Waals surface area contributed by atoms with Crippen LogP contribution in [0, 0.1) is 0 Å². The molecule has 0 aliphatic rings. The van der Waals surface area contributed by atoms with Gasteiger partial charge in [0.2, 0.25) is 0 Å². The number of hydrogen-bond acceptors (Lipinski definition) is 3. The molecular formula is C14H17ClN2S. The Hall–Kier alpha value is -1.06. The van der Waals surface area contributed by atoms with Gasteiger partial charge >= 0.3 is 0 Å². The van der Waals surface area contributed by atoms with Crippen molar-refractivity contribution in [2.24, 2.45) is 0 Å². The van der Waals surface area contributed by atoms with Gasteiger partial charge in [0.15, 0.2) is 0 Å². The fraction of sp³-hybridized carbons (Fsp3) is 0.357. The number of aromatic nitrogens is 1. The number of anilines is 1. The first-order valence-corrected chi connectivity index (χ1v) is 7.48. The van der Waals surface area contributed by atoms with Crippen LogP contribution in [0.2, 0.25) is 0 Å². The maximum absolute atomic E-state index is 5.93. The van der Waals surface area contributed by atoms with E-state index >= 15 is 0 Å². The molecule has 2 rings (SSSR count). The predicted octanol–water partition coefficient (Wildman–Crippen LogP) is 4.08. The molecule has 0 amide bonds. The van der Waals surface area contributed by atoms with Crippen molar-refractivity contribution in [2.45, 2.75) is 25.8 Å². The average molecular weight is 281 g/mol. The molecule has 0 bridgehead atoms. The van der Waals surface area contributed by atoms with E-state index in [-0.39, 0.29) is 0 Å². The molecule has 0 fully saturated rings. The van der Waals surface area contributed by atoms with E-state index in [0.29, 0.717) is 5.88 Å². The molecule has 0 N–H and O–H groups in total. The molecule has 0 radical (unpaired) electrons. The summed E-state index contributed by atoms with van der Waals surface area (Å²) in [6.07, 6.45) is 0.935. The topological polar surface area (TPSA) is 16.1 Å². The minimum absolute atomic E-state index is 0.537. The van der Waals surface area contributed by atoms with Crippen molar-refractivity contribution in [3.8, 4) is 0 Å². The van der Waals surface area contributed by atoms with Crippen molar-refractivity contribution in [1.82, 2.24) is 4.98 Å². The van der Waals surface area contributed by atoms with Gasteiger partial charge in [-0.25, -0.2) is 4.98 Å². The van der Waals surface area contributed by atoms with Crippen molar-refractivity contribution < 1.29 is 0 Å². The standard InChI is InChI=1S/C14H17ClN2S/c1-3-13-6-12(8-15)7-14(16-13)17(2)9-11-4-5-18-10-11/h4-7,10H,3,8-9H2,1-2H3. The number of nitrogens with zero attached hydrogens (tertiary/aromatic N) is 2. The molecule has 18 heavy (non-hydrogen) atoms. The summed E-state index contributed by atoms with van der Waals surface area (Å²) in [5.74, 6) is 1.53. The highest BCUT2D eigenvalue weighted by Crippen LogP contribution is 2.18. The molecule has 4 heteroatoms. The third-order valence-corrected chi connectivity index (χ3v) is 3.87. The van der Waals surface area contributed by atoms with E-state index in [1.165, 1.54) is 5.56 Å². The zero-order chi connectivity index (χ0) is 13.0. The van der Waals surface area contributed by atoms with Crippen LogP contribution in [0.3, 0.4) is 0 Å². The summed E-state index contributed by atoms with van der Waals surface area (Å²) in [4.78, 5) is 6.81. The Morgan fingerprint density at radius 2 is 2.17 bits per heavy atom. The lowest BCUT2D eigenvalue weighted by Gasteiger charge is -2.19. The molecule has 0 saturated heterocycles. The molecule has 2 nitrogen and oxygen atoms in total. The number of halogens is 1. The summed E-state index contributed by atoms with van der Waals surface area (Å²) < 4.78 is 0. The normalized spacial score (nSPS) is 10.6. The highest BCUT2D eigenvalue weighted by molar-refractivity contribution is 7.07. The molecule has 2 aromatic rings. The number of pyridine rings is 1. The van der Waals surface area contributed by atoms with E-state index in [0.717, 1.165) is 30.0 Å². The second-order valence-corrected chi connectivity index (χ2v) is 5.35. The summed E-state index contributed by atoms with van der Waals surface area (Å²) >= 11 is 7.65. The van der Waals surface area contributed by atoms with Crippen LogP contribution < -0.4 is 4.90 Å². The third-order valence-electron chi connectivity index (χ3n) is 2.83. The molecule has 0 aliphatic carbocycles. The van der Waals surface area contributed by atoms with Gasteiger partial charge in [-0.05, 0) is 46.5 Å². The van der Waals surface area contributed by atoms with Crippen molar-refractivity contribution in [2.75, 3.05) is 11.9 Å². The first kappa shape index (κ1) is 13.4. The largest absolute Gasteiger partial charge is 0.355 e. The molecule has 2 aromatic heterocycles. The SMILES string of the molecule is CCc1cc(CCl)cc(N(C)Cc2ccsc2)n1. The van der Waals surface area contributed by atoms with Crippen LogP contribution in [-0.2, 0) is 18.8 Å². The fourth-order valence-electron chi connectivity index (χ4n) is 1.82. The molecule has 0 unspecified atom stereocenters. The van der Waals surface area contributed by atoms with Gasteiger partial charge in [-0.1, -0.05) is 6.92 Å². The van der Waals surface area contributed by atoms with E-state index < -0.39 is 0 Å². The summed E-state index contributed by atoms with van der Waals surface area (Å²) in [7, 11) is 2.07. The number of rotatable bonds is 5. The van der Waals surface area contributed by atoms with Crippen LogP contribution in [0.4, 0.5) is 5.82 Å². The Labute approximate surface area is 117 Å². The molecule has 0 aliphatic heterocycles. The van der Waals surface area contributed by atoms with Gasteiger partial charge in [-0.2, -0.15) is 11.3 Å². The summed E-state index contributed by atoms with van der Waals surface area (Å²) in [6.45, 7) is 2.99. The van der Waals surface area contributed by atoms with Gasteiger partial charge in [0.1, 0.15) is 5.82 Å². The quantitative estimate of drug-likeness (QED) is 0.767. The van der Waals surface area contributed by atoms with E-state index in [4.69, 9.17) is 11.6 Å². The lowest BCUT2D eigenvalue weighted by atomic mass is 10.2. The van der Waals surface area contributed by atoms with Crippen molar-refractivity contribution in [1.29, 1.82) is 0 Å². The summed E-state index contributed by atoms with van der Waals surface area (Å²) in [5.41, 5.74) is 3.55. The lowest BCUT2D eigenvalue weighted by molar-refractivity contribution is 0.882. The van der Waals surface area contributed by atoms with Gasteiger partial charge in [-0.15, -0.1) is 11.6 Å². The van der Waals surface area contributed by atoms with Gasteiger partial charge < -0.3 is 4.90 Å². The highest BCUT2D eigenvalue weighted by atomic mass is 35.5. The summed E-state index contributed by atoms with van der Waals surface area (Å²) in [5, 5.41) is 4.27. The maximum Gasteiger partial charge on any atom is 0.129 e. The van der Waals surface area contributed by atoms with Crippen LogP contribution in [0.5, 0.6) is 0 Å². The average Bonchev–Trinajstić information content (AvgIpc) is 2.90. The Morgan fingerprint density at radius 3 is 2.78 bits per heavy atom. The van der Waals surface area contributed by atoms with E-state index in [1.54, 1.807) is 11.3 Å². The Bertz CT molecular complexity index is 474. The van der Waals surface area contributed by atoms with Gasteiger partial charge in [0.05, 0.1) is 0 Å². The van der Waals surface area contributed by atoms with E-state index in [9.17, 15) is 0 Å². The van der Waals surface area contributed by atoms with Crippen LogP contribution in [0.15, 0.2) is 29.0 Å².